The third-order valence-corrected chi connectivity index (χ3v) is 6.33. The Morgan fingerprint density at radius 1 is 1.14 bits per heavy atom. The van der Waals surface area contributed by atoms with Gasteiger partial charge in [-0.2, -0.15) is 5.10 Å². The van der Waals surface area contributed by atoms with Crippen LogP contribution in [0.5, 0.6) is 5.75 Å². The van der Waals surface area contributed by atoms with E-state index in [1.54, 1.807) is 0 Å². The van der Waals surface area contributed by atoms with Gasteiger partial charge in [-0.25, -0.2) is 10.4 Å². The summed E-state index contributed by atoms with van der Waals surface area (Å²) in [6, 6.07) is 14.2. The normalized spacial score (nSPS) is 16.7. The second-order valence-electron chi connectivity index (χ2n) is 8.93. The number of aromatic nitrogens is 1. The van der Waals surface area contributed by atoms with Crippen molar-refractivity contribution < 1.29 is 13.9 Å². The molecule has 0 spiro atoms. The molecule has 0 saturated carbocycles. The molecule has 186 valence electrons. The highest BCUT2D eigenvalue weighted by molar-refractivity contribution is 6.07. The zero-order valence-electron chi connectivity index (χ0n) is 20.8. The molecule has 0 saturated heterocycles. The Kier molecular flexibility index (Phi) is 8.50. The summed E-state index contributed by atoms with van der Waals surface area (Å²) in [6.07, 6.45) is 2.43. The van der Waals surface area contributed by atoms with Crippen molar-refractivity contribution in [3.8, 4) is 17.2 Å². The van der Waals surface area contributed by atoms with E-state index in [1.807, 2.05) is 42.5 Å². The standard InChI is InChI=1S/C27H35N5O3/c1-4-18(3)29-12-11-28-13-14-34-22-8-6-7-21(15-22)27-30-23-10-9-20(16-24(23)35-27)26-19(5-2)17-25(33)31-32-26/h6-10,15-16,18-19,28-29H,4-5,11-14,17H2,1-3H3,(H,31,33). The van der Waals surface area contributed by atoms with Crippen molar-refractivity contribution in [3.05, 3.63) is 48.0 Å². The highest BCUT2D eigenvalue weighted by atomic mass is 16.5. The summed E-state index contributed by atoms with van der Waals surface area (Å²) in [5.41, 5.74) is 6.75. The molecule has 1 aliphatic heterocycles. The van der Waals surface area contributed by atoms with E-state index in [1.165, 1.54) is 0 Å². The summed E-state index contributed by atoms with van der Waals surface area (Å²) in [7, 11) is 0. The van der Waals surface area contributed by atoms with E-state index < -0.39 is 0 Å². The van der Waals surface area contributed by atoms with E-state index >= 15 is 0 Å². The Labute approximate surface area is 206 Å². The molecule has 0 aliphatic carbocycles. The van der Waals surface area contributed by atoms with Crippen molar-refractivity contribution in [2.45, 2.75) is 46.1 Å². The first-order valence-corrected chi connectivity index (χ1v) is 12.5. The average molecular weight is 478 g/mol. The number of ether oxygens (including phenoxy) is 1. The number of fused-ring (bicyclic) bond motifs is 1. The van der Waals surface area contributed by atoms with Gasteiger partial charge in [0.1, 0.15) is 17.9 Å². The van der Waals surface area contributed by atoms with Gasteiger partial charge in [-0.1, -0.05) is 26.0 Å². The molecular formula is C27H35N5O3. The van der Waals surface area contributed by atoms with Crippen LogP contribution >= 0.6 is 0 Å². The zero-order valence-corrected chi connectivity index (χ0v) is 20.8. The maximum absolute atomic E-state index is 11.7. The SMILES string of the molecule is CCC(C)NCCNCCOc1cccc(-c2nc3ccc(C4=NNC(=O)CC4CC)cc3o2)c1. The lowest BCUT2D eigenvalue weighted by Crippen LogP contribution is -2.34. The smallest absolute Gasteiger partial charge is 0.240 e. The molecular weight excluding hydrogens is 442 g/mol. The average Bonchev–Trinajstić information content (AvgIpc) is 3.31. The lowest BCUT2D eigenvalue weighted by Gasteiger charge is -2.21. The van der Waals surface area contributed by atoms with E-state index in [9.17, 15) is 4.79 Å². The first-order valence-electron chi connectivity index (χ1n) is 12.5. The Bertz CT molecular complexity index is 1170. The maximum atomic E-state index is 11.7. The number of hydrogen-bond donors (Lipinski definition) is 3. The third kappa shape index (κ3) is 6.46. The second-order valence-corrected chi connectivity index (χ2v) is 8.93. The van der Waals surface area contributed by atoms with Crippen LogP contribution < -0.4 is 20.8 Å². The van der Waals surface area contributed by atoms with Crippen LogP contribution in [-0.4, -0.2) is 48.9 Å². The largest absolute Gasteiger partial charge is 0.492 e. The Morgan fingerprint density at radius 2 is 2.03 bits per heavy atom. The van der Waals surface area contributed by atoms with Crippen LogP contribution in [0.4, 0.5) is 0 Å². The summed E-state index contributed by atoms with van der Waals surface area (Å²) in [5, 5.41) is 11.2. The minimum atomic E-state index is -0.0415. The quantitative estimate of drug-likeness (QED) is 0.340. The van der Waals surface area contributed by atoms with Crippen LogP contribution in [0.15, 0.2) is 52.0 Å². The molecule has 0 radical (unpaired) electrons. The van der Waals surface area contributed by atoms with E-state index in [-0.39, 0.29) is 11.8 Å². The highest BCUT2D eigenvalue weighted by Gasteiger charge is 2.24. The number of nitrogens with zero attached hydrogens (tertiary/aromatic N) is 2. The number of hydrazone groups is 1. The molecule has 0 bridgehead atoms. The van der Waals surface area contributed by atoms with Crippen molar-refractivity contribution in [1.82, 2.24) is 21.0 Å². The van der Waals surface area contributed by atoms with Crippen LogP contribution in [0, 0.1) is 5.92 Å². The molecule has 1 amide bonds. The van der Waals surface area contributed by atoms with E-state index in [4.69, 9.17) is 9.15 Å². The van der Waals surface area contributed by atoms with Crippen LogP contribution in [0.1, 0.15) is 45.6 Å². The molecule has 35 heavy (non-hydrogen) atoms. The van der Waals surface area contributed by atoms with Crippen molar-refractivity contribution in [2.75, 3.05) is 26.2 Å². The Balaban J connectivity index is 1.38. The van der Waals surface area contributed by atoms with E-state index in [0.717, 1.165) is 60.6 Å². The van der Waals surface area contributed by atoms with Crippen molar-refractivity contribution in [2.24, 2.45) is 11.0 Å². The molecule has 8 heteroatoms. The van der Waals surface area contributed by atoms with Crippen LogP contribution in [0.3, 0.4) is 0 Å². The highest BCUT2D eigenvalue weighted by Crippen LogP contribution is 2.29. The van der Waals surface area contributed by atoms with Gasteiger partial charge >= 0.3 is 0 Å². The summed E-state index contributed by atoms with van der Waals surface area (Å²) in [4.78, 5) is 16.4. The number of carbonyl (C=O) groups excluding carboxylic acids is 1. The van der Waals surface area contributed by atoms with Crippen LogP contribution in [0.2, 0.25) is 0 Å². The lowest BCUT2D eigenvalue weighted by molar-refractivity contribution is -0.122. The molecule has 2 heterocycles. The van der Waals surface area contributed by atoms with Gasteiger partial charge < -0.3 is 19.8 Å². The Hall–Kier alpha value is -3.23. The van der Waals surface area contributed by atoms with Gasteiger partial charge in [0.2, 0.25) is 11.8 Å². The topological polar surface area (TPSA) is 101 Å². The van der Waals surface area contributed by atoms with Crippen LogP contribution in [0.25, 0.3) is 22.6 Å². The molecule has 1 aromatic heterocycles. The van der Waals surface area contributed by atoms with E-state index in [2.05, 4.69) is 46.9 Å². The zero-order chi connectivity index (χ0) is 24.6. The molecule has 3 N–H and O–H groups in total. The lowest BCUT2D eigenvalue weighted by atomic mass is 9.90. The number of amides is 1. The predicted molar refractivity (Wildman–Crippen MR) is 139 cm³/mol. The fourth-order valence-electron chi connectivity index (χ4n) is 4.06. The maximum Gasteiger partial charge on any atom is 0.240 e. The molecule has 8 nitrogen and oxygen atoms in total. The monoisotopic (exact) mass is 477 g/mol. The van der Waals surface area contributed by atoms with Crippen molar-refractivity contribution >= 4 is 22.7 Å². The number of rotatable bonds is 12. The Morgan fingerprint density at radius 3 is 2.86 bits per heavy atom. The minimum Gasteiger partial charge on any atom is -0.492 e. The molecule has 1 aliphatic rings. The number of oxazole rings is 1. The van der Waals surface area contributed by atoms with Gasteiger partial charge in [-0.15, -0.1) is 0 Å². The minimum absolute atomic E-state index is 0.0415. The predicted octanol–water partition coefficient (Wildman–Crippen LogP) is 4.10. The molecule has 3 aromatic rings. The third-order valence-electron chi connectivity index (χ3n) is 6.33. The fourth-order valence-corrected chi connectivity index (χ4v) is 4.06. The summed E-state index contributed by atoms with van der Waals surface area (Å²) in [5.74, 6) is 1.38. The first-order chi connectivity index (χ1) is 17.1. The number of hydrogen-bond acceptors (Lipinski definition) is 7. The van der Waals surface area contributed by atoms with Gasteiger partial charge in [0.05, 0.1) is 5.71 Å². The van der Waals surface area contributed by atoms with Crippen molar-refractivity contribution in [3.63, 3.8) is 0 Å². The van der Waals surface area contributed by atoms with Gasteiger partial charge in [0, 0.05) is 49.1 Å². The first kappa shape index (κ1) is 24.9. The number of nitrogens with one attached hydrogen (secondary N) is 3. The molecule has 2 atom stereocenters. The van der Waals surface area contributed by atoms with Gasteiger partial charge in [-0.05, 0) is 50.1 Å². The van der Waals surface area contributed by atoms with Gasteiger partial charge in [-0.3, -0.25) is 4.79 Å². The molecule has 2 aromatic carbocycles. The second kappa shape index (κ2) is 12.0. The molecule has 2 unspecified atom stereocenters. The summed E-state index contributed by atoms with van der Waals surface area (Å²) in [6.45, 7) is 9.67. The van der Waals surface area contributed by atoms with Gasteiger partial charge in [0.25, 0.3) is 0 Å². The fraction of sp³-hybridized carbons (Fsp3) is 0.444. The number of benzene rings is 2. The summed E-state index contributed by atoms with van der Waals surface area (Å²) < 4.78 is 12.0. The molecule has 0 fully saturated rings. The van der Waals surface area contributed by atoms with Gasteiger partial charge in [0.15, 0.2) is 5.58 Å². The number of carbonyl (C=O) groups is 1. The summed E-state index contributed by atoms with van der Waals surface area (Å²) >= 11 is 0. The van der Waals surface area contributed by atoms with Crippen molar-refractivity contribution in [1.29, 1.82) is 0 Å². The molecule has 4 rings (SSSR count). The van der Waals surface area contributed by atoms with Crippen LogP contribution in [-0.2, 0) is 4.79 Å². The van der Waals surface area contributed by atoms with E-state index in [0.29, 0.717) is 30.5 Å².